The fourth-order valence-electron chi connectivity index (χ4n) is 5.54. The van der Waals surface area contributed by atoms with Gasteiger partial charge in [-0.2, -0.15) is 0 Å². The van der Waals surface area contributed by atoms with E-state index in [2.05, 4.69) is 91.8 Å². The molecule has 2 nitrogen and oxygen atoms in total. The van der Waals surface area contributed by atoms with Crippen LogP contribution >= 0.6 is 7.06 Å². The van der Waals surface area contributed by atoms with Crippen molar-refractivity contribution in [2.24, 2.45) is 0 Å². The van der Waals surface area contributed by atoms with Crippen LogP contribution < -0.4 is 15.9 Å². The van der Waals surface area contributed by atoms with E-state index in [-0.39, 0.29) is 11.8 Å². The molecule has 2 N–H and O–H groups in total. The number of rotatable bonds is 8. The summed E-state index contributed by atoms with van der Waals surface area (Å²) in [7, 11) is -4.86. The molecule has 0 bridgehead atoms. The predicted molar refractivity (Wildman–Crippen MR) is 171 cm³/mol. The van der Waals surface area contributed by atoms with Crippen molar-refractivity contribution in [3.63, 3.8) is 0 Å². The second kappa shape index (κ2) is 11.0. The predicted octanol–water partition coefficient (Wildman–Crippen LogP) is 8.49. The van der Waals surface area contributed by atoms with Crippen molar-refractivity contribution in [1.82, 2.24) is 0 Å². The van der Waals surface area contributed by atoms with E-state index in [0.717, 1.165) is 22.3 Å². The van der Waals surface area contributed by atoms with E-state index in [1.54, 1.807) is 0 Å². The van der Waals surface area contributed by atoms with Crippen molar-refractivity contribution in [1.29, 1.82) is 0 Å². The Balaban J connectivity index is 2.09. The molecular weight excluding hydrogens is 495 g/mol. The standard InChI is InChI=1S/C36H45O2P/c1-24(2)30-16-20-35(33(22-30)26(5)6)39(37,38,36-21-17-31(25(3)4)23-34(36)27(7)8)32-18-14-29(15-19-32)28-12-10-9-11-13-28/h9-27,37-38H,1-8H3. The second-order valence-electron chi connectivity index (χ2n) is 12.2. The Morgan fingerprint density at radius 1 is 0.462 bits per heavy atom. The van der Waals surface area contributed by atoms with Crippen molar-refractivity contribution in [2.75, 3.05) is 0 Å². The van der Waals surface area contributed by atoms with Gasteiger partial charge in [-0.15, -0.1) is 0 Å². The first kappa shape index (κ1) is 29.2. The van der Waals surface area contributed by atoms with Gasteiger partial charge in [0.25, 0.3) is 0 Å². The molecule has 4 aromatic rings. The van der Waals surface area contributed by atoms with Crippen molar-refractivity contribution in [2.45, 2.75) is 79.1 Å². The molecule has 0 heterocycles. The molecule has 0 atom stereocenters. The van der Waals surface area contributed by atoms with E-state index < -0.39 is 7.06 Å². The molecule has 4 rings (SSSR count). The van der Waals surface area contributed by atoms with Crippen LogP contribution in [0.4, 0.5) is 0 Å². The van der Waals surface area contributed by atoms with Crippen LogP contribution in [-0.2, 0) is 0 Å². The van der Waals surface area contributed by atoms with E-state index in [0.29, 0.717) is 27.7 Å². The van der Waals surface area contributed by atoms with Crippen LogP contribution in [0.3, 0.4) is 0 Å². The van der Waals surface area contributed by atoms with Gasteiger partial charge in [-0.3, -0.25) is 0 Å². The summed E-state index contributed by atoms with van der Waals surface area (Å²) < 4.78 is 0. The first-order valence-corrected chi connectivity index (χ1v) is 16.4. The van der Waals surface area contributed by atoms with Crippen LogP contribution in [0.25, 0.3) is 11.1 Å². The molecular formula is C36H45O2P. The molecule has 0 saturated heterocycles. The maximum absolute atomic E-state index is 13.3. The molecule has 0 aliphatic carbocycles. The van der Waals surface area contributed by atoms with Crippen LogP contribution in [0.5, 0.6) is 0 Å². The summed E-state index contributed by atoms with van der Waals surface area (Å²) in [6, 6.07) is 30.6. The van der Waals surface area contributed by atoms with Gasteiger partial charge >= 0.3 is 236 Å². The number of benzene rings is 4. The summed E-state index contributed by atoms with van der Waals surface area (Å²) in [5.74, 6) is 0.948. The normalized spacial score (nSPS) is 13.3. The molecule has 3 heteroatoms. The zero-order valence-corrected chi connectivity index (χ0v) is 25.7. The average molecular weight is 541 g/mol. The van der Waals surface area contributed by atoms with Crippen molar-refractivity contribution in [3.8, 4) is 11.1 Å². The summed E-state index contributed by atoms with van der Waals surface area (Å²) in [6.07, 6.45) is 0. The average Bonchev–Trinajstić information content (AvgIpc) is 2.93. The Bertz CT molecular complexity index is 1360. The zero-order valence-electron chi connectivity index (χ0n) is 24.8. The van der Waals surface area contributed by atoms with Gasteiger partial charge in [0.15, 0.2) is 0 Å². The summed E-state index contributed by atoms with van der Waals surface area (Å²) in [6.45, 7) is 17.3. The molecule has 0 radical (unpaired) electrons. The molecule has 0 aliphatic heterocycles. The summed E-state index contributed by atoms with van der Waals surface area (Å²) in [5, 5.41) is 1.86. The first-order valence-electron chi connectivity index (χ1n) is 14.3. The van der Waals surface area contributed by atoms with Crippen LogP contribution in [0.2, 0.25) is 0 Å². The third-order valence-electron chi connectivity index (χ3n) is 8.06. The zero-order chi connectivity index (χ0) is 28.6. The molecule has 0 fully saturated rings. The molecule has 0 aliphatic rings. The Labute approximate surface area is 235 Å². The molecule has 206 valence electrons. The van der Waals surface area contributed by atoms with E-state index in [9.17, 15) is 9.79 Å². The summed E-state index contributed by atoms with van der Waals surface area (Å²) in [4.78, 5) is 26.5. The van der Waals surface area contributed by atoms with Crippen LogP contribution in [0, 0.1) is 0 Å². The molecule has 0 amide bonds. The van der Waals surface area contributed by atoms with Crippen molar-refractivity contribution in [3.05, 3.63) is 113 Å². The van der Waals surface area contributed by atoms with Gasteiger partial charge in [-0.1, -0.05) is 0 Å². The van der Waals surface area contributed by atoms with Gasteiger partial charge in [-0.05, 0) is 0 Å². The molecule has 0 spiro atoms. The minimum atomic E-state index is -4.86. The van der Waals surface area contributed by atoms with Gasteiger partial charge in [0.1, 0.15) is 0 Å². The SMILES string of the molecule is CC(C)c1ccc(P(O)(O)(c2ccc(-c3ccccc3)cc2)c2ccc(C(C)C)cc2C(C)C)c(C(C)C)c1. The molecule has 0 unspecified atom stereocenters. The van der Waals surface area contributed by atoms with Gasteiger partial charge in [0, 0.05) is 0 Å². The quantitative estimate of drug-likeness (QED) is 0.220. The second-order valence-corrected chi connectivity index (χ2v) is 15.7. The first-order chi connectivity index (χ1) is 18.3. The maximum atomic E-state index is 13.3. The fraction of sp³-hybridized carbons (Fsp3) is 0.333. The Hall–Kier alpha value is -2.77. The van der Waals surface area contributed by atoms with Crippen LogP contribution in [-0.4, -0.2) is 9.79 Å². The van der Waals surface area contributed by atoms with Crippen LogP contribution in [0.15, 0.2) is 91.0 Å². The van der Waals surface area contributed by atoms with E-state index in [4.69, 9.17) is 0 Å². The number of hydrogen-bond donors (Lipinski definition) is 2. The van der Waals surface area contributed by atoms with Gasteiger partial charge < -0.3 is 0 Å². The third kappa shape index (κ3) is 5.36. The van der Waals surface area contributed by atoms with E-state index in [1.807, 2.05) is 54.6 Å². The van der Waals surface area contributed by atoms with Crippen molar-refractivity contribution < 1.29 is 9.79 Å². The van der Waals surface area contributed by atoms with Crippen molar-refractivity contribution >= 4 is 23.0 Å². The Kier molecular flexibility index (Phi) is 8.25. The molecule has 0 aromatic heterocycles. The van der Waals surface area contributed by atoms with Crippen LogP contribution in [0.1, 0.15) is 101 Å². The topological polar surface area (TPSA) is 40.5 Å². The molecule has 0 saturated carbocycles. The Morgan fingerprint density at radius 3 is 1.26 bits per heavy atom. The molecule has 39 heavy (non-hydrogen) atoms. The van der Waals surface area contributed by atoms with E-state index >= 15 is 0 Å². The van der Waals surface area contributed by atoms with Gasteiger partial charge in [-0.25, -0.2) is 0 Å². The van der Waals surface area contributed by atoms with Gasteiger partial charge in [0.2, 0.25) is 0 Å². The third-order valence-corrected chi connectivity index (χ3v) is 12.0. The van der Waals surface area contributed by atoms with E-state index in [1.165, 1.54) is 11.1 Å². The minimum absolute atomic E-state index is 0.125. The van der Waals surface area contributed by atoms with Gasteiger partial charge in [0.05, 0.1) is 0 Å². The molecule has 4 aromatic carbocycles. The fourth-order valence-corrected chi connectivity index (χ4v) is 9.40. The summed E-state index contributed by atoms with van der Waals surface area (Å²) in [5.41, 5.74) is 6.57. The Morgan fingerprint density at radius 2 is 0.872 bits per heavy atom. The monoisotopic (exact) mass is 540 g/mol. The summed E-state index contributed by atoms with van der Waals surface area (Å²) >= 11 is 0. The number of hydrogen-bond acceptors (Lipinski definition) is 2.